The molecule has 0 saturated heterocycles. The summed E-state index contributed by atoms with van der Waals surface area (Å²) < 4.78 is 3.00. The molecular formula is C11H15BrN2O. The Morgan fingerprint density at radius 1 is 1.47 bits per heavy atom. The molecule has 0 atom stereocenters. The van der Waals surface area contributed by atoms with Crippen LogP contribution in [-0.4, -0.2) is 15.3 Å². The van der Waals surface area contributed by atoms with Gasteiger partial charge in [-0.1, -0.05) is 13.8 Å². The highest BCUT2D eigenvalue weighted by Gasteiger charge is 2.22. The van der Waals surface area contributed by atoms with Crippen molar-refractivity contribution in [2.45, 2.75) is 39.7 Å². The first-order valence-corrected chi connectivity index (χ1v) is 6.12. The molecule has 15 heavy (non-hydrogen) atoms. The zero-order chi connectivity index (χ0) is 11.0. The number of hydrogen-bond acceptors (Lipinski definition) is 2. The van der Waals surface area contributed by atoms with Crippen molar-refractivity contribution in [1.82, 2.24) is 9.55 Å². The first kappa shape index (κ1) is 10.9. The van der Waals surface area contributed by atoms with E-state index in [0.29, 0.717) is 24.7 Å². The molecule has 0 spiro atoms. The normalized spacial score (nSPS) is 15.9. The van der Waals surface area contributed by atoms with Crippen LogP contribution in [0.5, 0.6) is 0 Å². The second kappa shape index (κ2) is 4.08. The molecule has 1 aromatic heterocycles. The van der Waals surface area contributed by atoms with Crippen molar-refractivity contribution in [2.24, 2.45) is 5.92 Å². The number of imidazole rings is 1. The molecule has 0 amide bonds. The summed E-state index contributed by atoms with van der Waals surface area (Å²) in [5.41, 5.74) is 1.19. The maximum atomic E-state index is 11.4. The molecule has 3 nitrogen and oxygen atoms in total. The lowest BCUT2D eigenvalue weighted by molar-refractivity contribution is -0.120. The number of ketones is 1. The molecule has 82 valence electrons. The van der Waals surface area contributed by atoms with Crippen LogP contribution >= 0.6 is 15.9 Å². The van der Waals surface area contributed by atoms with Gasteiger partial charge in [0.05, 0.1) is 12.2 Å². The lowest BCUT2D eigenvalue weighted by Crippen LogP contribution is -2.21. The molecule has 0 radical (unpaired) electrons. The Labute approximate surface area is 98.0 Å². The van der Waals surface area contributed by atoms with Gasteiger partial charge in [-0.05, 0) is 28.3 Å². The molecule has 0 bridgehead atoms. The van der Waals surface area contributed by atoms with E-state index in [4.69, 9.17) is 0 Å². The van der Waals surface area contributed by atoms with Gasteiger partial charge < -0.3 is 4.57 Å². The Morgan fingerprint density at radius 2 is 2.20 bits per heavy atom. The number of hydrogen-bond donors (Lipinski definition) is 0. The summed E-state index contributed by atoms with van der Waals surface area (Å²) >= 11 is 3.47. The third kappa shape index (κ3) is 2.14. The summed E-state index contributed by atoms with van der Waals surface area (Å²) in [6.45, 7) is 4.84. The number of aromatic nitrogens is 2. The summed E-state index contributed by atoms with van der Waals surface area (Å²) in [4.78, 5) is 15.9. The maximum absolute atomic E-state index is 11.4. The smallest absolute Gasteiger partial charge is 0.152 e. The largest absolute Gasteiger partial charge is 0.323 e. The molecule has 1 aliphatic rings. The Kier molecular flexibility index (Phi) is 2.96. The van der Waals surface area contributed by atoms with Crippen LogP contribution in [0.15, 0.2) is 4.60 Å². The van der Waals surface area contributed by atoms with E-state index in [1.807, 2.05) is 0 Å². The molecule has 0 fully saturated rings. The van der Waals surface area contributed by atoms with Crippen LogP contribution in [0.3, 0.4) is 0 Å². The monoisotopic (exact) mass is 270 g/mol. The Balaban J connectivity index is 2.36. The lowest BCUT2D eigenvalue weighted by atomic mass is 10.1. The third-order valence-corrected chi connectivity index (χ3v) is 3.30. The zero-order valence-electron chi connectivity index (χ0n) is 9.09. The van der Waals surface area contributed by atoms with Gasteiger partial charge in [-0.15, -0.1) is 0 Å². The van der Waals surface area contributed by atoms with E-state index in [1.54, 1.807) is 0 Å². The molecule has 0 N–H and O–H groups in total. The van der Waals surface area contributed by atoms with E-state index in [2.05, 4.69) is 39.3 Å². The van der Waals surface area contributed by atoms with Crippen LogP contribution in [0.25, 0.3) is 0 Å². The highest BCUT2D eigenvalue weighted by Crippen LogP contribution is 2.24. The highest BCUT2D eigenvalue weighted by atomic mass is 79.9. The van der Waals surface area contributed by atoms with Gasteiger partial charge in [0, 0.05) is 12.8 Å². The van der Waals surface area contributed by atoms with Crippen LogP contribution in [0.2, 0.25) is 0 Å². The molecule has 0 aromatic carbocycles. The number of carbonyl (C=O) groups excluding carboxylic acids is 1. The van der Waals surface area contributed by atoms with Gasteiger partial charge in [-0.2, -0.15) is 0 Å². The van der Waals surface area contributed by atoms with E-state index >= 15 is 0 Å². The van der Waals surface area contributed by atoms with Gasteiger partial charge in [0.15, 0.2) is 5.78 Å². The fraction of sp³-hybridized carbons (Fsp3) is 0.636. The molecule has 2 rings (SSSR count). The Bertz CT molecular complexity index is 396. The van der Waals surface area contributed by atoms with Gasteiger partial charge in [0.25, 0.3) is 0 Å². The SMILES string of the molecule is CC(C)Cc1nc(Br)c2n1CC(=O)CC2. The summed E-state index contributed by atoms with van der Waals surface area (Å²) in [7, 11) is 0. The van der Waals surface area contributed by atoms with E-state index in [1.165, 1.54) is 5.69 Å². The quantitative estimate of drug-likeness (QED) is 0.827. The van der Waals surface area contributed by atoms with Crippen molar-refractivity contribution < 1.29 is 4.79 Å². The molecule has 0 aliphatic carbocycles. The molecule has 0 saturated carbocycles. The van der Waals surface area contributed by atoms with E-state index < -0.39 is 0 Å². The number of rotatable bonds is 2. The molecule has 0 unspecified atom stereocenters. The predicted octanol–water partition coefficient (Wildman–Crippen LogP) is 2.36. The van der Waals surface area contributed by atoms with Crippen LogP contribution in [0.4, 0.5) is 0 Å². The van der Waals surface area contributed by atoms with Crippen LogP contribution in [0, 0.1) is 5.92 Å². The standard InChI is InChI=1S/C11H15BrN2O/c1-7(2)5-10-13-11(12)9-4-3-8(15)6-14(9)10/h7H,3-6H2,1-2H3. The van der Waals surface area contributed by atoms with Crippen molar-refractivity contribution in [1.29, 1.82) is 0 Å². The molecule has 2 heterocycles. The van der Waals surface area contributed by atoms with Crippen LogP contribution in [0.1, 0.15) is 31.8 Å². The first-order valence-electron chi connectivity index (χ1n) is 5.33. The zero-order valence-corrected chi connectivity index (χ0v) is 10.7. The summed E-state index contributed by atoms with van der Waals surface area (Å²) in [5, 5.41) is 0. The minimum atomic E-state index is 0.317. The van der Waals surface area contributed by atoms with Crippen molar-refractivity contribution >= 4 is 21.7 Å². The van der Waals surface area contributed by atoms with Gasteiger partial charge in [0.1, 0.15) is 10.4 Å². The van der Waals surface area contributed by atoms with E-state index in [0.717, 1.165) is 23.3 Å². The number of carbonyl (C=O) groups is 1. The topological polar surface area (TPSA) is 34.9 Å². The fourth-order valence-corrected chi connectivity index (χ4v) is 2.58. The average molecular weight is 271 g/mol. The minimum Gasteiger partial charge on any atom is -0.323 e. The average Bonchev–Trinajstić information content (AvgIpc) is 2.42. The molecule has 4 heteroatoms. The van der Waals surface area contributed by atoms with E-state index in [-0.39, 0.29) is 0 Å². The first-order chi connectivity index (χ1) is 7.08. The Morgan fingerprint density at radius 3 is 2.87 bits per heavy atom. The van der Waals surface area contributed by atoms with Gasteiger partial charge >= 0.3 is 0 Å². The Hall–Kier alpha value is -0.640. The number of fused-ring (bicyclic) bond motifs is 1. The van der Waals surface area contributed by atoms with Gasteiger partial charge in [-0.25, -0.2) is 4.98 Å². The molecule has 1 aliphatic heterocycles. The molecule has 1 aromatic rings. The van der Waals surface area contributed by atoms with Crippen molar-refractivity contribution in [2.75, 3.05) is 0 Å². The predicted molar refractivity (Wildman–Crippen MR) is 61.8 cm³/mol. The van der Waals surface area contributed by atoms with Gasteiger partial charge in [-0.3, -0.25) is 4.79 Å². The van der Waals surface area contributed by atoms with Crippen LogP contribution in [-0.2, 0) is 24.2 Å². The summed E-state index contributed by atoms with van der Waals surface area (Å²) in [6.07, 6.45) is 2.42. The summed E-state index contributed by atoms with van der Waals surface area (Å²) in [6, 6.07) is 0. The van der Waals surface area contributed by atoms with Crippen molar-refractivity contribution in [3.8, 4) is 0 Å². The molecular weight excluding hydrogens is 256 g/mol. The van der Waals surface area contributed by atoms with Crippen LogP contribution < -0.4 is 0 Å². The fourth-order valence-electron chi connectivity index (χ4n) is 1.96. The second-order valence-corrected chi connectivity index (χ2v) is 5.24. The summed E-state index contributed by atoms with van der Waals surface area (Å²) in [5.74, 6) is 1.93. The number of nitrogens with zero attached hydrogens (tertiary/aromatic N) is 2. The minimum absolute atomic E-state index is 0.317. The van der Waals surface area contributed by atoms with Gasteiger partial charge in [0.2, 0.25) is 0 Å². The van der Waals surface area contributed by atoms with E-state index in [9.17, 15) is 4.79 Å². The van der Waals surface area contributed by atoms with Crippen molar-refractivity contribution in [3.05, 3.63) is 16.1 Å². The highest BCUT2D eigenvalue weighted by molar-refractivity contribution is 9.10. The third-order valence-electron chi connectivity index (χ3n) is 2.67. The second-order valence-electron chi connectivity index (χ2n) is 4.49. The lowest BCUT2D eigenvalue weighted by Gasteiger charge is -2.16. The maximum Gasteiger partial charge on any atom is 0.152 e. The van der Waals surface area contributed by atoms with Crippen molar-refractivity contribution in [3.63, 3.8) is 0 Å². The number of halogens is 1. The number of Topliss-reactive ketones (excluding diaryl/α,β-unsaturated/α-hetero) is 1.